The van der Waals surface area contributed by atoms with Crippen LogP contribution in [0.3, 0.4) is 0 Å². The number of rotatable bonds is 3. The number of piperidine rings is 1. The molecule has 1 heterocycles. The quantitative estimate of drug-likeness (QED) is 0.680. The number of hydrogen-bond donors (Lipinski definition) is 1. The van der Waals surface area contributed by atoms with Gasteiger partial charge in [0.25, 0.3) is 10.2 Å². The summed E-state index contributed by atoms with van der Waals surface area (Å²) in [6.07, 6.45) is 1.56. The lowest BCUT2D eigenvalue weighted by molar-refractivity contribution is 0.381. The van der Waals surface area contributed by atoms with Gasteiger partial charge in [-0.25, -0.2) is 4.72 Å². The lowest BCUT2D eigenvalue weighted by Crippen LogP contribution is -2.43. The SMILES string of the molecule is C=C1CCN(S(=O)(=O)NCC)CC1. The van der Waals surface area contributed by atoms with E-state index in [2.05, 4.69) is 11.3 Å². The first-order valence-electron chi connectivity index (χ1n) is 4.47. The highest BCUT2D eigenvalue weighted by Gasteiger charge is 2.23. The van der Waals surface area contributed by atoms with Gasteiger partial charge < -0.3 is 0 Å². The Morgan fingerprint density at radius 2 is 2.00 bits per heavy atom. The minimum atomic E-state index is -3.21. The Kier molecular flexibility index (Phi) is 3.47. The summed E-state index contributed by atoms with van der Waals surface area (Å²) >= 11 is 0. The summed E-state index contributed by atoms with van der Waals surface area (Å²) in [6.45, 7) is 7.18. The molecule has 1 aliphatic rings. The first-order valence-corrected chi connectivity index (χ1v) is 5.91. The molecule has 0 atom stereocenters. The second-order valence-corrected chi connectivity index (χ2v) is 4.91. The van der Waals surface area contributed by atoms with Gasteiger partial charge in [-0.3, -0.25) is 0 Å². The van der Waals surface area contributed by atoms with Crippen LogP contribution in [-0.4, -0.2) is 32.4 Å². The van der Waals surface area contributed by atoms with Crippen LogP contribution in [-0.2, 0) is 10.2 Å². The van der Waals surface area contributed by atoms with Crippen molar-refractivity contribution in [2.24, 2.45) is 0 Å². The van der Waals surface area contributed by atoms with Crippen LogP contribution in [0.25, 0.3) is 0 Å². The van der Waals surface area contributed by atoms with Gasteiger partial charge in [-0.15, -0.1) is 0 Å². The zero-order chi connectivity index (χ0) is 9.90. The molecule has 13 heavy (non-hydrogen) atoms. The van der Waals surface area contributed by atoms with Crippen molar-refractivity contribution in [2.75, 3.05) is 19.6 Å². The van der Waals surface area contributed by atoms with Crippen molar-refractivity contribution in [2.45, 2.75) is 19.8 Å². The standard InChI is InChI=1S/C8H16N2O2S/c1-3-9-13(11,12)10-6-4-8(2)5-7-10/h9H,2-7H2,1H3. The number of nitrogens with one attached hydrogen (secondary N) is 1. The third-order valence-electron chi connectivity index (χ3n) is 2.10. The van der Waals surface area contributed by atoms with Gasteiger partial charge in [0.15, 0.2) is 0 Å². The smallest absolute Gasteiger partial charge is 0.202 e. The minimum absolute atomic E-state index is 0.444. The summed E-state index contributed by atoms with van der Waals surface area (Å²) < 4.78 is 26.9. The molecule has 0 spiro atoms. The summed E-state index contributed by atoms with van der Waals surface area (Å²) in [6, 6.07) is 0. The molecule has 0 radical (unpaired) electrons. The minimum Gasteiger partial charge on any atom is -0.202 e. The lowest BCUT2D eigenvalue weighted by atomic mass is 10.1. The largest absolute Gasteiger partial charge is 0.279 e. The predicted molar refractivity (Wildman–Crippen MR) is 52.5 cm³/mol. The van der Waals surface area contributed by atoms with Crippen molar-refractivity contribution < 1.29 is 8.42 Å². The Hall–Kier alpha value is -0.390. The van der Waals surface area contributed by atoms with Gasteiger partial charge in [-0.1, -0.05) is 19.1 Å². The van der Waals surface area contributed by atoms with Crippen molar-refractivity contribution in [3.63, 3.8) is 0 Å². The highest BCUT2D eigenvalue weighted by atomic mass is 32.2. The molecule has 0 amide bonds. The fourth-order valence-corrected chi connectivity index (χ4v) is 2.53. The van der Waals surface area contributed by atoms with Gasteiger partial charge >= 0.3 is 0 Å². The van der Waals surface area contributed by atoms with Gasteiger partial charge in [-0.05, 0) is 12.8 Å². The molecule has 0 aromatic carbocycles. The van der Waals surface area contributed by atoms with E-state index in [4.69, 9.17) is 0 Å². The summed E-state index contributed by atoms with van der Waals surface area (Å²) in [5.41, 5.74) is 1.14. The van der Waals surface area contributed by atoms with Gasteiger partial charge in [0.05, 0.1) is 0 Å². The van der Waals surface area contributed by atoms with E-state index in [9.17, 15) is 8.42 Å². The normalized spacial score (nSPS) is 20.5. The molecule has 1 fully saturated rings. The molecule has 76 valence electrons. The average Bonchev–Trinajstić information content (AvgIpc) is 2.05. The van der Waals surface area contributed by atoms with Crippen LogP contribution >= 0.6 is 0 Å². The maximum atomic E-state index is 11.5. The predicted octanol–water partition coefficient (Wildman–Crippen LogP) is 0.493. The molecule has 1 saturated heterocycles. The van der Waals surface area contributed by atoms with Crippen molar-refractivity contribution in [1.82, 2.24) is 9.03 Å². The monoisotopic (exact) mass is 204 g/mol. The highest BCUT2D eigenvalue weighted by molar-refractivity contribution is 7.87. The zero-order valence-electron chi connectivity index (χ0n) is 7.91. The maximum absolute atomic E-state index is 11.5. The van der Waals surface area contributed by atoms with Gasteiger partial charge in [0, 0.05) is 19.6 Å². The molecule has 5 heteroatoms. The Bertz CT molecular complexity index is 275. The average molecular weight is 204 g/mol. The second kappa shape index (κ2) is 4.21. The molecular formula is C8H16N2O2S. The van der Waals surface area contributed by atoms with Crippen molar-refractivity contribution in [3.05, 3.63) is 12.2 Å². The third-order valence-corrected chi connectivity index (χ3v) is 3.79. The topological polar surface area (TPSA) is 49.4 Å². The Morgan fingerprint density at radius 1 is 1.46 bits per heavy atom. The van der Waals surface area contributed by atoms with Crippen LogP contribution in [0.5, 0.6) is 0 Å². The molecule has 4 nitrogen and oxygen atoms in total. The van der Waals surface area contributed by atoms with E-state index in [1.807, 2.05) is 0 Å². The lowest BCUT2D eigenvalue weighted by Gasteiger charge is -2.26. The van der Waals surface area contributed by atoms with E-state index < -0.39 is 10.2 Å². The van der Waals surface area contributed by atoms with Crippen LogP contribution < -0.4 is 4.72 Å². The van der Waals surface area contributed by atoms with Crippen LogP contribution in [0.15, 0.2) is 12.2 Å². The first-order chi connectivity index (χ1) is 6.06. The van der Waals surface area contributed by atoms with Crippen molar-refractivity contribution >= 4 is 10.2 Å². The molecule has 0 unspecified atom stereocenters. The van der Waals surface area contributed by atoms with Gasteiger partial charge in [0.1, 0.15) is 0 Å². The molecule has 0 aromatic rings. The summed E-state index contributed by atoms with van der Waals surface area (Å²) in [7, 11) is -3.21. The molecule has 0 bridgehead atoms. The second-order valence-electron chi connectivity index (χ2n) is 3.15. The van der Waals surface area contributed by atoms with E-state index in [1.54, 1.807) is 6.92 Å². The Labute approximate surface area is 79.8 Å². The van der Waals surface area contributed by atoms with Crippen molar-refractivity contribution in [3.8, 4) is 0 Å². The first kappa shape index (κ1) is 10.7. The van der Waals surface area contributed by atoms with E-state index in [-0.39, 0.29) is 0 Å². The maximum Gasteiger partial charge on any atom is 0.279 e. The molecule has 0 aromatic heterocycles. The van der Waals surface area contributed by atoms with E-state index in [1.165, 1.54) is 4.31 Å². The number of hydrogen-bond acceptors (Lipinski definition) is 2. The van der Waals surface area contributed by atoms with Crippen LogP contribution in [0, 0.1) is 0 Å². The summed E-state index contributed by atoms with van der Waals surface area (Å²) in [5, 5.41) is 0. The zero-order valence-corrected chi connectivity index (χ0v) is 8.73. The van der Waals surface area contributed by atoms with Crippen molar-refractivity contribution in [1.29, 1.82) is 0 Å². The summed E-state index contributed by atoms with van der Waals surface area (Å²) in [5.74, 6) is 0. The molecule has 0 aliphatic carbocycles. The van der Waals surface area contributed by atoms with Crippen LogP contribution in [0.4, 0.5) is 0 Å². The van der Waals surface area contributed by atoms with E-state index >= 15 is 0 Å². The van der Waals surface area contributed by atoms with E-state index in [0.29, 0.717) is 19.6 Å². The fourth-order valence-electron chi connectivity index (χ4n) is 1.32. The Morgan fingerprint density at radius 3 is 2.46 bits per heavy atom. The van der Waals surface area contributed by atoms with E-state index in [0.717, 1.165) is 18.4 Å². The fraction of sp³-hybridized carbons (Fsp3) is 0.750. The van der Waals surface area contributed by atoms with Crippen LogP contribution in [0.1, 0.15) is 19.8 Å². The van der Waals surface area contributed by atoms with Gasteiger partial charge in [0.2, 0.25) is 0 Å². The highest BCUT2D eigenvalue weighted by Crippen LogP contribution is 2.15. The van der Waals surface area contributed by atoms with Crippen LogP contribution in [0.2, 0.25) is 0 Å². The third kappa shape index (κ3) is 2.79. The van der Waals surface area contributed by atoms with Gasteiger partial charge in [-0.2, -0.15) is 12.7 Å². The molecule has 1 aliphatic heterocycles. The summed E-state index contributed by atoms with van der Waals surface area (Å²) in [4.78, 5) is 0. The number of nitrogens with zero attached hydrogens (tertiary/aromatic N) is 1. The molecular weight excluding hydrogens is 188 g/mol. The molecule has 1 rings (SSSR count). The molecule has 0 saturated carbocycles. The Balaban J connectivity index is 2.58. The molecule has 1 N–H and O–H groups in total.